The van der Waals surface area contributed by atoms with E-state index in [0.29, 0.717) is 46.0 Å². The minimum atomic E-state index is -0.161. The van der Waals surface area contributed by atoms with Crippen LogP contribution in [0.4, 0.5) is 11.6 Å². The number of hydrogen-bond donors (Lipinski definition) is 2. The molecule has 2 aromatic carbocycles. The Hall–Kier alpha value is -4.14. The van der Waals surface area contributed by atoms with Crippen molar-refractivity contribution < 1.29 is 0 Å². The van der Waals surface area contributed by atoms with Crippen molar-refractivity contribution in [3.8, 4) is 22.5 Å². The highest BCUT2D eigenvalue weighted by atomic mass is 35.5. The number of halogens is 1. The van der Waals surface area contributed by atoms with Crippen LogP contribution in [0.2, 0.25) is 5.02 Å². The Kier molecular flexibility index (Phi) is 7.04. The number of nitrogens with one attached hydrogen (secondary N) is 2. The van der Waals surface area contributed by atoms with Gasteiger partial charge >= 0.3 is 0 Å². The molecule has 0 aliphatic carbocycles. The van der Waals surface area contributed by atoms with Gasteiger partial charge in [0.15, 0.2) is 5.82 Å². The van der Waals surface area contributed by atoms with Gasteiger partial charge in [0.25, 0.3) is 5.56 Å². The fourth-order valence-corrected chi connectivity index (χ4v) is 5.43. The minimum Gasteiger partial charge on any atom is -0.324 e. The third-order valence-electron chi connectivity index (χ3n) is 7.20. The Morgan fingerprint density at radius 2 is 1.77 bits per heavy atom. The summed E-state index contributed by atoms with van der Waals surface area (Å²) in [6.07, 6.45) is 7.42. The normalized spacial score (nSPS) is 14.0. The minimum absolute atomic E-state index is 0.161. The largest absolute Gasteiger partial charge is 0.324 e. The lowest BCUT2D eigenvalue weighted by atomic mass is 9.90. The summed E-state index contributed by atoms with van der Waals surface area (Å²) >= 11 is 6.66. The molecule has 0 spiro atoms. The van der Waals surface area contributed by atoms with E-state index >= 15 is 0 Å². The van der Waals surface area contributed by atoms with E-state index < -0.39 is 0 Å². The van der Waals surface area contributed by atoms with E-state index in [-0.39, 0.29) is 5.56 Å². The van der Waals surface area contributed by atoms with Crippen molar-refractivity contribution >= 4 is 34.3 Å². The Morgan fingerprint density at radius 1 is 1.00 bits per heavy atom. The van der Waals surface area contributed by atoms with Crippen LogP contribution in [-0.4, -0.2) is 37.6 Å². The van der Waals surface area contributed by atoms with Crippen molar-refractivity contribution in [1.29, 1.82) is 0 Å². The van der Waals surface area contributed by atoms with Crippen molar-refractivity contribution in [3.63, 3.8) is 0 Å². The van der Waals surface area contributed by atoms with Crippen LogP contribution in [0, 0.1) is 0 Å². The third-order valence-corrected chi connectivity index (χ3v) is 7.52. The molecule has 1 fully saturated rings. The highest BCUT2D eigenvalue weighted by Gasteiger charge is 2.17. The summed E-state index contributed by atoms with van der Waals surface area (Å²) in [4.78, 5) is 31.4. The van der Waals surface area contributed by atoms with E-state index in [4.69, 9.17) is 16.6 Å². The molecule has 0 bridgehead atoms. The second-order valence-electron chi connectivity index (χ2n) is 9.62. The molecule has 0 unspecified atom stereocenters. The SMILES string of the molecule is CCn1c(=O)c(-c2ccc(-c3ncccn3)cc2Cl)cc2cnc(Nc3ccc(C4CCNCC4)cc3)nc21. The molecule has 0 radical (unpaired) electrons. The summed E-state index contributed by atoms with van der Waals surface area (Å²) in [5.74, 6) is 1.61. The molecule has 6 rings (SSSR count). The van der Waals surface area contributed by atoms with E-state index in [2.05, 4.69) is 49.9 Å². The first-order valence-electron chi connectivity index (χ1n) is 13.2. The van der Waals surface area contributed by atoms with Gasteiger partial charge in [0, 0.05) is 57.9 Å². The fourth-order valence-electron chi connectivity index (χ4n) is 5.15. The fraction of sp³-hybridized carbons (Fsp3) is 0.233. The number of anilines is 2. The van der Waals surface area contributed by atoms with E-state index in [9.17, 15) is 4.79 Å². The van der Waals surface area contributed by atoms with Gasteiger partial charge in [-0.3, -0.25) is 9.36 Å². The van der Waals surface area contributed by atoms with Crippen LogP contribution in [0.3, 0.4) is 0 Å². The second kappa shape index (κ2) is 10.9. The van der Waals surface area contributed by atoms with Crippen LogP contribution in [0.1, 0.15) is 31.2 Å². The van der Waals surface area contributed by atoms with Crippen molar-refractivity contribution in [3.05, 3.63) is 94.1 Å². The van der Waals surface area contributed by atoms with E-state index in [1.165, 1.54) is 5.56 Å². The van der Waals surface area contributed by atoms with Crippen LogP contribution in [-0.2, 0) is 6.54 Å². The summed E-state index contributed by atoms with van der Waals surface area (Å²) in [7, 11) is 0. The number of piperidine rings is 1. The zero-order valence-corrected chi connectivity index (χ0v) is 22.3. The molecule has 3 aromatic heterocycles. The lowest BCUT2D eigenvalue weighted by molar-refractivity contribution is 0.460. The quantitative estimate of drug-likeness (QED) is 0.282. The Labute approximate surface area is 231 Å². The molecule has 196 valence electrons. The number of fused-ring (bicyclic) bond motifs is 1. The van der Waals surface area contributed by atoms with E-state index in [0.717, 1.165) is 42.6 Å². The summed E-state index contributed by atoms with van der Waals surface area (Å²) < 4.78 is 1.66. The summed E-state index contributed by atoms with van der Waals surface area (Å²) in [5, 5.41) is 7.91. The van der Waals surface area contributed by atoms with Crippen molar-refractivity contribution in [1.82, 2.24) is 29.8 Å². The van der Waals surface area contributed by atoms with Gasteiger partial charge in [-0.15, -0.1) is 0 Å². The molecule has 0 saturated carbocycles. The number of aromatic nitrogens is 5. The summed E-state index contributed by atoms with van der Waals surface area (Å²) in [6.45, 7) is 4.52. The standard InChI is InChI=1S/C30H28ClN7O/c1-2-38-28-22(16-25(29(38)39)24-9-6-21(17-26(24)31)27-33-12-3-13-34-27)18-35-30(37-28)36-23-7-4-19(5-8-23)20-10-14-32-15-11-20/h3-9,12-13,16-18,20,32H,2,10-11,14-15H2,1H3,(H,35,36,37). The number of nitrogens with zero attached hydrogens (tertiary/aromatic N) is 5. The third kappa shape index (κ3) is 5.13. The van der Waals surface area contributed by atoms with Gasteiger partial charge in [-0.05, 0) is 74.7 Å². The zero-order chi connectivity index (χ0) is 26.8. The molecular weight excluding hydrogens is 510 g/mol. The van der Waals surface area contributed by atoms with Crippen LogP contribution in [0.15, 0.2) is 78.0 Å². The number of hydrogen-bond acceptors (Lipinski definition) is 7. The number of pyridine rings is 1. The average molecular weight is 538 g/mol. The number of benzene rings is 2. The lowest BCUT2D eigenvalue weighted by Crippen LogP contribution is -2.26. The Bertz CT molecular complexity index is 1680. The Morgan fingerprint density at radius 3 is 2.49 bits per heavy atom. The maximum Gasteiger partial charge on any atom is 0.260 e. The first kappa shape index (κ1) is 25.2. The maximum absolute atomic E-state index is 13.6. The van der Waals surface area contributed by atoms with Crippen LogP contribution < -0.4 is 16.2 Å². The first-order valence-corrected chi connectivity index (χ1v) is 13.5. The van der Waals surface area contributed by atoms with Crippen molar-refractivity contribution in [2.75, 3.05) is 18.4 Å². The van der Waals surface area contributed by atoms with Gasteiger partial charge in [0.2, 0.25) is 5.95 Å². The number of rotatable bonds is 6. The molecule has 4 heterocycles. The molecule has 1 aliphatic rings. The van der Waals surface area contributed by atoms with E-state index in [1.54, 1.807) is 41.4 Å². The summed E-state index contributed by atoms with van der Waals surface area (Å²) in [5.41, 5.74) is 4.59. The van der Waals surface area contributed by atoms with Gasteiger partial charge in [0.1, 0.15) is 5.65 Å². The van der Waals surface area contributed by atoms with E-state index in [1.807, 2.05) is 19.1 Å². The molecule has 5 aromatic rings. The molecule has 2 N–H and O–H groups in total. The van der Waals surface area contributed by atoms with Crippen molar-refractivity contribution in [2.24, 2.45) is 0 Å². The average Bonchev–Trinajstić information content (AvgIpc) is 2.98. The molecule has 9 heteroatoms. The van der Waals surface area contributed by atoms with Crippen LogP contribution in [0.25, 0.3) is 33.5 Å². The van der Waals surface area contributed by atoms with Crippen LogP contribution >= 0.6 is 11.6 Å². The van der Waals surface area contributed by atoms with Crippen LogP contribution in [0.5, 0.6) is 0 Å². The molecule has 1 saturated heterocycles. The number of aryl methyl sites for hydroxylation is 1. The second-order valence-corrected chi connectivity index (χ2v) is 10.0. The first-order chi connectivity index (χ1) is 19.1. The lowest BCUT2D eigenvalue weighted by Gasteiger charge is -2.23. The van der Waals surface area contributed by atoms with Gasteiger partial charge in [-0.25, -0.2) is 15.0 Å². The molecule has 1 aliphatic heterocycles. The zero-order valence-electron chi connectivity index (χ0n) is 21.6. The molecule has 8 nitrogen and oxygen atoms in total. The molecule has 0 atom stereocenters. The van der Waals surface area contributed by atoms with Gasteiger partial charge in [-0.2, -0.15) is 4.98 Å². The Balaban J connectivity index is 1.30. The monoisotopic (exact) mass is 537 g/mol. The smallest absolute Gasteiger partial charge is 0.260 e. The van der Waals surface area contributed by atoms with Gasteiger partial charge in [0.05, 0.1) is 0 Å². The summed E-state index contributed by atoms with van der Waals surface area (Å²) in [6, 6.07) is 17.5. The maximum atomic E-state index is 13.6. The predicted molar refractivity (Wildman–Crippen MR) is 156 cm³/mol. The van der Waals surface area contributed by atoms with Gasteiger partial charge in [-0.1, -0.05) is 35.9 Å². The predicted octanol–water partition coefficient (Wildman–Crippen LogP) is 5.80. The van der Waals surface area contributed by atoms with Gasteiger partial charge < -0.3 is 10.6 Å². The highest BCUT2D eigenvalue weighted by Crippen LogP contribution is 2.31. The molecule has 39 heavy (non-hydrogen) atoms. The molecular formula is C30H28ClN7O. The molecule has 0 amide bonds. The topological polar surface area (TPSA) is 97.6 Å². The van der Waals surface area contributed by atoms with Crippen molar-refractivity contribution in [2.45, 2.75) is 32.2 Å². The highest BCUT2D eigenvalue weighted by molar-refractivity contribution is 6.33.